The van der Waals surface area contributed by atoms with Crippen LogP contribution in [0.3, 0.4) is 0 Å². The molecule has 16 heteroatoms. The molecular formula is C11H3F15S. The molecule has 0 spiro atoms. The number of hydrogen-bond acceptors (Lipinski definition) is 1. The van der Waals surface area contributed by atoms with Gasteiger partial charge in [-0.1, -0.05) is 0 Å². The van der Waals surface area contributed by atoms with Crippen molar-refractivity contribution in [3.8, 4) is 0 Å². The van der Waals surface area contributed by atoms with Crippen molar-refractivity contribution in [1.29, 1.82) is 0 Å². The van der Waals surface area contributed by atoms with Gasteiger partial charge < -0.3 is 0 Å². The number of alkyl halides is 15. The van der Waals surface area contributed by atoms with E-state index in [2.05, 4.69) is 0 Å². The van der Waals surface area contributed by atoms with Gasteiger partial charge in [0, 0.05) is 10.9 Å². The highest BCUT2D eigenvalue weighted by molar-refractivity contribution is 7.08. The van der Waals surface area contributed by atoms with Crippen LogP contribution in [-0.4, -0.2) is 35.8 Å². The van der Waals surface area contributed by atoms with E-state index in [0.717, 1.165) is 0 Å². The van der Waals surface area contributed by atoms with Crippen molar-refractivity contribution in [3.05, 3.63) is 22.4 Å². The Bertz CT molecular complexity index is 654. The quantitative estimate of drug-likeness (QED) is 0.428. The second-order valence-electron chi connectivity index (χ2n) is 4.96. The maximum absolute atomic E-state index is 13.5. The van der Waals surface area contributed by atoms with Gasteiger partial charge in [0.1, 0.15) is 0 Å². The smallest absolute Gasteiger partial charge is 0.194 e. The predicted octanol–water partition coefficient (Wildman–Crippen LogP) is 6.58. The van der Waals surface area contributed by atoms with Crippen LogP contribution in [0.2, 0.25) is 0 Å². The number of halogens is 15. The minimum atomic E-state index is -8.25. The van der Waals surface area contributed by atoms with E-state index in [9.17, 15) is 65.9 Å². The van der Waals surface area contributed by atoms with Gasteiger partial charge >= 0.3 is 41.7 Å². The van der Waals surface area contributed by atoms with Crippen LogP contribution in [0.4, 0.5) is 65.9 Å². The first-order valence-electron chi connectivity index (χ1n) is 5.97. The van der Waals surface area contributed by atoms with E-state index in [1.54, 1.807) is 0 Å². The second kappa shape index (κ2) is 6.07. The molecule has 1 aromatic rings. The fourth-order valence-corrected chi connectivity index (χ4v) is 2.27. The molecule has 0 aromatic carbocycles. The molecule has 158 valence electrons. The lowest BCUT2D eigenvalue weighted by Gasteiger charge is -2.41. The van der Waals surface area contributed by atoms with E-state index in [1.807, 2.05) is 0 Å². The molecule has 0 radical (unpaired) electrons. The first kappa shape index (κ1) is 23.7. The van der Waals surface area contributed by atoms with E-state index in [4.69, 9.17) is 0 Å². The van der Waals surface area contributed by atoms with Gasteiger partial charge in [-0.25, -0.2) is 0 Å². The van der Waals surface area contributed by atoms with Crippen LogP contribution in [0, 0.1) is 0 Å². The van der Waals surface area contributed by atoms with Crippen LogP contribution >= 0.6 is 11.3 Å². The fourth-order valence-electron chi connectivity index (χ4n) is 1.59. The largest absolute Gasteiger partial charge is 0.460 e. The van der Waals surface area contributed by atoms with E-state index in [1.165, 1.54) is 0 Å². The van der Waals surface area contributed by atoms with E-state index >= 15 is 0 Å². The van der Waals surface area contributed by atoms with E-state index < -0.39 is 47.3 Å². The second-order valence-corrected chi connectivity index (χ2v) is 5.74. The summed E-state index contributed by atoms with van der Waals surface area (Å²) in [6, 6.07) is -0.00470. The topological polar surface area (TPSA) is 0 Å². The summed E-state index contributed by atoms with van der Waals surface area (Å²) in [5.41, 5.74) is -2.08. The molecule has 0 amide bonds. The van der Waals surface area contributed by atoms with Gasteiger partial charge in [0.05, 0.1) is 0 Å². The van der Waals surface area contributed by atoms with Crippen molar-refractivity contribution in [2.45, 2.75) is 41.7 Å². The van der Waals surface area contributed by atoms with Gasteiger partial charge in [0.2, 0.25) is 0 Å². The zero-order chi connectivity index (χ0) is 21.9. The molecule has 1 aromatic heterocycles. The molecule has 27 heavy (non-hydrogen) atoms. The molecule has 0 aliphatic heterocycles. The summed E-state index contributed by atoms with van der Waals surface area (Å²) in [7, 11) is 0. The molecule has 0 nitrogen and oxygen atoms in total. The highest BCUT2D eigenvalue weighted by Crippen LogP contribution is 2.63. The number of hydrogen-bond donors (Lipinski definition) is 0. The van der Waals surface area contributed by atoms with E-state index in [-0.39, 0.29) is 22.8 Å². The van der Waals surface area contributed by atoms with E-state index in [0.29, 0.717) is 5.38 Å². The van der Waals surface area contributed by atoms with Gasteiger partial charge in [0.15, 0.2) is 0 Å². The Morgan fingerprint density at radius 2 is 0.889 bits per heavy atom. The minimum Gasteiger partial charge on any atom is -0.194 e. The molecule has 0 aliphatic rings. The minimum absolute atomic E-state index is 0.00470. The van der Waals surface area contributed by atoms with Gasteiger partial charge in [-0.15, -0.1) is 0 Å². The van der Waals surface area contributed by atoms with Gasteiger partial charge in [0.25, 0.3) is 0 Å². The lowest BCUT2D eigenvalue weighted by atomic mass is 9.89. The van der Waals surface area contributed by atoms with Crippen LogP contribution in [-0.2, 0) is 5.92 Å². The van der Waals surface area contributed by atoms with Gasteiger partial charge in [-0.05, 0) is 11.4 Å². The Morgan fingerprint density at radius 1 is 0.519 bits per heavy atom. The summed E-state index contributed by atoms with van der Waals surface area (Å²) in [6.07, 6.45) is -7.60. The lowest BCUT2D eigenvalue weighted by molar-refractivity contribution is -0.453. The predicted molar refractivity (Wildman–Crippen MR) is 59.0 cm³/mol. The van der Waals surface area contributed by atoms with Crippen molar-refractivity contribution in [2.75, 3.05) is 0 Å². The molecule has 1 rings (SSSR count). The highest BCUT2D eigenvalue weighted by Gasteiger charge is 2.93. The SMILES string of the molecule is FC(F)(F)C(F)(F)C(F)(F)C(F)(F)C(F)(F)C(F)(F)C(F)(F)c1ccsc1. The molecule has 0 N–H and O–H groups in total. The number of thiophene rings is 1. The van der Waals surface area contributed by atoms with Crippen molar-refractivity contribution >= 4 is 11.3 Å². The zero-order valence-electron chi connectivity index (χ0n) is 11.8. The van der Waals surface area contributed by atoms with Gasteiger partial charge in [-0.2, -0.15) is 77.2 Å². The average molecular weight is 452 g/mol. The fraction of sp³-hybridized carbons (Fsp3) is 0.636. The Balaban J connectivity index is 3.60. The molecule has 0 saturated carbocycles. The van der Waals surface area contributed by atoms with Crippen molar-refractivity contribution in [2.24, 2.45) is 0 Å². The van der Waals surface area contributed by atoms with Crippen LogP contribution in [0.1, 0.15) is 5.56 Å². The van der Waals surface area contributed by atoms with Crippen LogP contribution in [0.25, 0.3) is 0 Å². The third-order valence-electron chi connectivity index (χ3n) is 3.21. The normalized spacial score (nSPS) is 16.0. The van der Waals surface area contributed by atoms with Crippen LogP contribution in [0.15, 0.2) is 16.8 Å². The maximum atomic E-state index is 13.5. The van der Waals surface area contributed by atoms with Crippen LogP contribution in [0.5, 0.6) is 0 Å². The third kappa shape index (κ3) is 2.93. The molecule has 1 heterocycles. The molecular weight excluding hydrogens is 449 g/mol. The first-order valence-corrected chi connectivity index (χ1v) is 6.91. The van der Waals surface area contributed by atoms with Crippen molar-refractivity contribution in [3.63, 3.8) is 0 Å². The first-order chi connectivity index (χ1) is 11.6. The summed E-state index contributed by atoms with van der Waals surface area (Å²) in [5, 5.41) is 0.576. The maximum Gasteiger partial charge on any atom is 0.460 e. The molecule has 0 saturated heterocycles. The Morgan fingerprint density at radius 3 is 1.22 bits per heavy atom. The molecule has 0 unspecified atom stereocenters. The molecule has 0 fully saturated rings. The molecule has 0 atom stereocenters. The third-order valence-corrected chi connectivity index (χ3v) is 3.89. The Hall–Kier alpha value is -1.35. The average Bonchev–Trinajstić information content (AvgIpc) is 2.99. The Kier molecular flexibility index (Phi) is 5.33. The van der Waals surface area contributed by atoms with Crippen LogP contribution < -0.4 is 0 Å². The lowest BCUT2D eigenvalue weighted by Crippen LogP contribution is -2.72. The summed E-state index contributed by atoms with van der Waals surface area (Å²) in [5.74, 6) is -46.3. The van der Waals surface area contributed by atoms with Gasteiger partial charge in [-0.3, -0.25) is 0 Å². The highest BCUT2D eigenvalue weighted by atomic mass is 32.1. The summed E-state index contributed by atoms with van der Waals surface area (Å²) < 4.78 is 193. The van der Waals surface area contributed by atoms with Crippen molar-refractivity contribution < 1.29 is 65.9 Å². The number of rotatable bonds is 6. The summed E-state index contributed by atoms with van der Waals surface area (Å²) >= 11 is 0.151. The monoisotopic (exact) mass is 452 g/mol. The molecule has 0 aliphatic carbocycles. The summed E-state index contributed by atoms with van der Waals surface area (Å²) in [6.45, 7) is 0. The molecule has 0 bridgehead atoms. The standard InChI is InChI=1S/C11H3F15S/c12-5(13,4-1-2-27-3-4)6(14,15)7(16,17)8(18,19)9(20,21)10(22,23)11(24,25)26/h1-3H. The zero-order valence-corrected chi connectivity index (χ0v) is 12.6. The Labute approximate surface area is 142 Å². The van der Waals surface area contributed by atoms with Crippen molar-refractivity contribution in [1.82, 2.24) is 0 Å². The summed E-state index contributed by atoms with van der Waals surface area (Å²) in [4.78, 5) is 0.